The van der Waals surface area contributed by atoms with E-state index >= 15 is 0 Å². The molecule has 0 spiro atoms. The molecule has 1 N–H and O–H groups in total. The van der Waals surface area contributed by atoms with Gasteiger partial charge in [0, 0.05) is 18.9 Å². The number of rotatable bonds is 5. The topological polar surface area (TPSA) is 80.9 Å². The smallest absolute Gasteiger partial charge is 0.303 e. The molecule has 3 rings (SSSR count). The average Bonchev–Trinajstić information content (AvgIpc) is 3.03. The van der Waals surface area contributed by atoms with Crippen molar-refractivity contribution >= 4 is 5.97 Å². The Labute approximate surface area is 105 Å². The van der Waals surface area contributed by atoms with E-state index < -0.39 is 5.97 Å². The molecule has 3 atom stereocenters. The van der Waals surface area contributed by atoms with Gasteiger partial charge < -0.3 is 5.11 Å². The number of tetrazole rings is 1. The fourth-order valence-electron chi connectivity index (χ4n) is 3.58. The van der Waals surface area contributed by atoms with Gasteiger partial charge in [-0.2, -0.15) is 0 Å². The lowest BCUT2D eigenvalue weighted by molar-refractivity contribution is -0.137. The third-order valence-electron chi connectivity index (χ3n) is 4.39. The van der Waals surface area contributed by atoms with Crippen LogP contribution in [-0.2, 0) is 11.3 Å². The minimum absolute atomic E-state index is 0.177. The Balaban J connectivity index is 1.66. The number of hydrogen-bond donors (Lipinski definition) is 1. The lowest BCUT2D eigenvalue weighted by Crippen LogP contribution is -2.16. The summed E-state index contributed by atoms with van der Waals surface area (Å²) in [5.74, 6) is 2.34. The lowest BCUT2D eigenvalue weighted by Gasteiger charge is -2.20. The second-order valence-corrected chi connectivity index (χ2v) is 5.54. The van der Waals surface area contributed by atoms with Crippen LogP contribution in [0.4, 0.5) is 0 Å². The summed E-state index contributed by atoms with van der Waals surface area (Å²) in [6.45, 7) is 0.614. The molecular formula is C12H18N4O2. The minimum Gasteiger partial charge on any atom is -0.481 e. The Bertz CT molecular complexity index is 445. The maximum atomic E-state index is 10.5. The molecule has 6 nitrogen and oxygen atoms in total. The van der Waals surface area contributed by atoms with E-state index in [0.717, 1.165) is 17.7 Å². The van der Waals surface area contributed by atoms with Gasteiger partial charge in [-0.15, -0.1) is 5.10 Å². The van der Waals surface area contributed by atoms with Crippen molar-refractivity contribution < 1.29 is 9.90 Å². The number of aromatic nitrogens is 4. The summed E-state index contributed by atoms with van der Waals surface area (Å²) in [6.07, 6.45) is 5.97. The van der Waals surface area contributed by atoms with E-state index in [1.807, 2.05) is 4.68 Å². The molecule has 0 aromatic carbocycles. The maximum absolute atomic E-state index is 10.5. The van der Waals surface area contributed by atoms with Gasteiger partial charge in [-0.1, -0.05) is 6.42 Å². The lowest BCUT2D eigenvalue weighted by atomic mass is 9.88. The first kappa shape index (κ1) is 11.6. The number of hydrogen-bond acceptors (Lipinski definition) is 4. The molecule has 2 saturated carbocycles. The normalized spacial score (nSPS) is 29.9. The highest BCUT2D eigenvalue weighted by Gasteiger charge is 2.42. The number of carbonyl (C=O) groups is 1. The zero-order chi connectivity index (χ0) is 12.5. The summed E-state index contributed by atoms with van der Waals surface area (Å²) < 4.78 is 1.81. The zero-order valence-electron chi connectivity index (χ0n) is 10.3. The van der Waals surface area contributed by atoms with Crippen LogP contribution >= 0.6 is 0 Å². The monoisotopic (exact) mass is 250 g/mol. The minimum atomic E-state index is -0.760. The number of nitrogens with zero attached hydrogens (tertiary/aromatic N) is 4. The molecule has 1 heterocycles. The molecule has 1 aromatic rings. The Hall–Kier alpha value is -1.46. The first-order valence-corrected chi connectivity index (χ1v) is 6.72. The molecular weight excluding hydrogens is 232 g/mol. The van der Waals surface area contributed by atoms with Gasteiger partial charge in [-0.3, -0.25) is 4.79 Å². The van der Waals surface area contributed by atoms with Crippen molar-refractivity contribution in [1.82, 2.24) is 20.2 Å². The van der Waals surface area contributed by atoms with Crippen LogP contribution in [0.3, 0.4) is 0 Å². The van der Waals surface area contributed by atoms with Crippen molar-refractivity contribution in [2.75, 3.05) is 0 Å². The van der Waals surface area contributed by atoms with Crippen molar-refractivity contribution in [2.45, 2.75) is 51.0 Å². The predicted molar refractivity (Wildman–Crippen MR) is 62.9 cm³/mol. The maximum Gasteiger partial charge on any atom is 0.303 e. The van der Waals surface area contributed by atoms with Crippen LogP contribution in [0.25, 0.3) is 0 Å². The highest BCUT2D eigenvalue weighted by Crippen LogP contribution is 2.52. The van der Waals surface area contributed by atoms with Crippen LogP contribution in [0.1, 0.15) is 50.3 Å². The fraction of sp³-hybridized carbons (Fsp3) is 0.833. The number of carboxylic acids is 1. The second kappa shape index (κ2) is 4.66. The van der Waals surface area contributed by atoms with Crippen LogP contribution in [0.5, 0.6) is 0 Å². The molecule has 0 amide bonds. The van der Waals surface area contributed by atoms with Crippen LogP contribution in [0.15, 0.2) is 0 Å². The summed E-state index contributed by atoms with van der Waals surface area (Å²) in [6, 6.07) is 0. The quantitative estimate of drug-likeness (QED) is 0.855. The Morgan fingerprint density at radius 3 is 2.94 bits per heavy atom. The van der Waals surface area contributed by atoms with E-state index in [-0.39, 0.29) is 6.42 Å². The highest BCUT2D eigenvalue weighted by molar-refractivity contribution is 5.66. The number of aryl methyl sites for hydroxylation is 1. The number of aliphatic carboxylic acids is 1. The molecule has 2 bridgehead atoms. The van der Waals surface area contributed by atoms with Crippen molar-refractivity contribution in [1.29, 1.82) is 0 Å². The Kier molecular flexibility index (Phi) is 3.01. The van der Waals surface area contributed by atoms with Gasteiger partial charge in [-0.25, -0.2) is 4.68 Å². The van der Waals surface area contributed by atoms with Gasteiger partial charge in [0.25, 0.3) is 0 Å². The van der Waals surface area contributed by atoms with Crippen molar-refractivity contribution in [2.24, 2.45) is 11.8 Å². The summed E-state index contributed by atoms with van der Waals surface area (Å²) >= 11 is 0. The van der Waals surface area contributed by atoms with Crippen molar-refractivity contribution in [3.05, 3.63) is 5.82 Å². The van der Waals surface area contributed by atoms with Crippen LogP contribution in [0, 0.1) is 11.8 Å². The largest absolute Gasteiger partial charge is 0.481 e. The van der Waals surface area contributed by atoms with Gasteiger partial charge in [0.1, 0.15) is 0 Å². The summed E-state index contributed by atoms with van der Waals surface area (Å²) in [7, 11) is 0. The van der Waals surface area contributed by atoms with E-state index in [4.69, 9.17) is 5.11 Å². The molecule has 1 aromatic heterocycles. The van der Waals surface area contributed by atoms with Crippen LogP contribution < -0.4 is 0 Å². The van der Waals surface area contributed by atoms with Crippen molar-refractivity contribution in [3.63, 3.8) is 0 Å². The van der Waals surface area contributed by atoms with E-state index in [1.54, 1.807) is 0 Å². The molecule has 0 radical (unpaired) electrons. The molecule has 0 saturated heterocycles. The van der Waals surface area contributed by atoms with E-state index in [9.17, 15) is 4.79 Å². The van der Waals surface area contributed by atoms with E-state index in [0.29, 0.717) is 18.9 Å². The number of carboxylic acid groups (broad SMARTS) is 1. The third kappa shape index (κ3) is 2.11. The predicted octanol–water partition coefficient (Wildman–Crippen LogP) is 1.44. The standard InChI is InChI=1S/C12H18N4O2/c17-11(18)2-1-5-16-12(13-14-15-16)10-7-8-3-4-9(10)6-8/h8-10H,1-7H2,(H,17,18). The van der Waals surface area contributed by atoms with Crippen LogP contribution in [0.2, 0.25) is 0 Å². The number of fused-ring (bicyclic) bond motifs is 2. The zero-order valence-corrected chi connectivity index (χ0v) is 10.3. The van der Waals surface area contributed by atoms with Gasteiger partial charge in [0.15, 0.2) is 5.82 Å². The van der Waals surface area contributed by atoms with Crippen LogP contribution in [-0.4, -0.2) is 31.3 Å². The molecule has 2 aliphatic rings. The fourth-order valence-corrected chi connectivity index (χ4v) is 3.58. The molecule has 2 aliphatic carbocycles. The first-order chi connectivity index (χ1) is 8.74. The first-order valence-electron chi connectivity index (χ1n) is 6.72. The molecule has 2 fully saturated rings. The SMILES string of the molecule is O=C(O)CCCn1nnnc1C1CC2CCC1C2. The van der Waals surface area contributed by atoms with Gasteiger partial charge >= 0.3 is 5.97 Å². The summed E-state index contributed by atoms with van der Waals surface area (Å²) in [4.78, 5) is 10.5. The summed E-state index contributed by atoms with van der Waals surface area (Å²) in [5.41, 5.74) is 0. The molecule has 0 aliphatic heterocycles. The molecule has 6 heteroatoms. The van der Waals surface area contributed by atoms with Gasteiger partial charge in [0.2, 0.25) is 0 Å². The Morgan fingerprint density at radius 1 is 1.39 bits per heavy atom. The summed E-state index contributed by atoms with van der Waals surface area (Å²) in [5, 5.41) is 20.6. The molecule has 18 heavy (non-hydrogen) atoms. The van der Waals surface area contributed by atoms with E-state index in [2.05, 4.69) is 15.5 Å². The van der Waals surface area contributed by atoms with E-state index in [1.165, 1.54) is 25.7 Å². The van der Waals surface area contributed by atoms with Gasteiger partial charge in [-0.05, 0) is 47.9 Å². The van der Waals surface area contributed by atoms with Gasteiger partial charge in [0.05, 0.1) is 0 Å². The third-order valence-corrected chi connectivity index (χ3v) is 4.39. The molecule has 98 valence electrons. The second-order valence-electron chi connectivity index (χ2n) is 5.54. The molecule has 3 unspecified atom stereocenters. The average molecular weight is 250 g/mol. The van der Waals surface area contributed by atoms with Crippen molar-refractivity contribution in [3.8, 4) is 0 Å². The Morgan fingerprint density at radius 2 is 2.28 bits per heavy atom. The highest BCUT2D eigenvalue weighted by atomic mass is 16.4.